The lowest BCUT2D eigenvalue weighted by atomic mass is 9.77. The third-order valence-corrected chi connectivity index (χ3v) is 4.53. The molecule has 0 amide bonds. The van der Waals surface area contributed by atoms with E-state index in [0.717, 1.165) is 11.4 Å². The zero-order chi connectivity index (χ0) is 18.6. The summed E-state index contributed by atoms with van der Waals surface area (Å²) in [6.45, 7) is 3.12. The summed E-state index contributed by atoms with van der Waals surface area (Å²) < 4.78 is 10.8. The topological polar surface area (TPSA) is 78.4 Å². The first-order chi connectivity index (χ1) is 12.4. The molecule has 0 unspecified atom stereocenters. The van der Waals surface area contributed by atoms with Crippen molar-refractivity contribution in [3.8, 4) is 0 Å². The van der Waals surface area contributed by atoms with Gasteiger partial charge in [-0.3, -0.25) is 19.6 Å². The van der Waals surface area contributed by atoms with Gasteiger partial charge in [0.05, 0.1) is 0 Å². The van der Waals surface area contributed by atoms with Crippen molar-refractivity contribution in [1.82, 2.24) is 9.97 Å². The van der Waals surface area contributed by atoms with Crippen LogP contribution in [0.15, 0.2) is 48.8 Å². The van der Waals surface area contributed by atoms with Crippen molar-refractivity contribution < 1.29 is 19.1 Å². The summed E-state index contributed by atoms with van der Waals surface area (Å²) in [6.07, 6.45) is 4.91. The van der Waals surface area contributed by atoms with Crippen LogP contribution in [0.3, 0.4) is 0 Å². The SMILES string of the molecule is CC1(C)OC(=O)C(CCc2ccccn2)(CCc2ccccn2)C(=O)O1. The Bertz CT molecular complexity index is 709. The minimum atomic E-state index is -1.34. The minimum absolute atomic E-state index is 0.282. The molecule has 0 atom stereocenters. The molecule has 0 bridgehead atoms. The van der Waals surface area contributed by atoms with Gasteiger partial charge in [-0.05, 0) is 49.9 Å². The molecule has 0 aromatic carbocycles. The average molecular weight is 354 g/mol. The molecule has 6 heteroatoms. The van der Waals surface area contributed by atoms with Crippen molar-refractivity contribution in [2.24, 2.45) is 5.41 Å². The van der Waals surface area contributed by atoms with Crippen LogP contribution in [-0.2, 0) is 31.9 Å². The number of aromatic nitrogens is 2. The Morgan fingerprint density at radius 3 is 1.65 bits per heavy atom. The lowest BCUT2D eigenvalue weighted by molar-refractivity contribution is -0.252. The fourth-order valence-corrected chi connectivity index (χ4v) is 3.05. The van der Waals surface area contributed by atoms with Gasteiger partial charge in [0.25, 0.3) is 5.79 Å². The lowest BCUT2D eigenvalue weighted by Crippen LogP contribution is -2.54. The van der Waals surface area contributed by atoms with Crippen molar-refractivity contribution in [3.63, 3.8) is 0 Å². The number of carbonyl (C=O) groups is 2. The van der Waals surface area contributed by atoms with Crippen LogP contribution in [0, 0.1) is 5.41 Å². The van der Waals surface area contributed by atoms with Crippen molar-refractivity contribution >= 4 is 11.9 Å². The fourth-order valence-electron chi connectivity index (χ4n) is 3.05. The van der Waals surface area contributed by atoms with Crippen LogP contribution >= 0.6 is 0 Å². The molecule has 1 fully saturated rings. The number of rotatable bonds is 6. The van der Waals surface area contributed by atoms with E-state index >= 15 is 0 Å². The zero-order valence-corrected chi connectivity index (χ0v) is 15.0. The molecule has 0 aliphatic carbocycles. The van der Waals surface area contributed by atoms with Gasteiger partial charge in [-0.1, -0.05) is 12.1 Å². The number of carbonyl (C=O) groups excluding carboxylic acids is 2. The second-order valence-corrected chi connectivity index (χ2v) is 6.90. The molecule has 1 aliphatic rings. The van der Waals surface area contributed by atoms with Crippen molar-refractivity contribution in [2.45, 2.75) is 45.3 Å². The highest BCUT2D eigenvalue weighted by atomic mass is 16.7. The summed E-state index contributed by atoms with van der Waals surface area (Å²) in [7, 11) is 0. The van der Waals surface area contributed by atoms with E-state index in [1.54, 1.807) is 26.2 Å². The molecule has 3 rings (SSSR count). The third-order valence-electron chi connectivity index (χ3n) is 4.53. The second kappa shape index (κ2) is 7.23. The number of nitrogens with zero attached hydrogens (tertiary/aromatic N) is 2. The zero-order valence-electron chi connectivity index (χ0n) is 15.0. The normalized spacial score (nSPS) is 18.1. The lowest BCUT2D eigenvalue weighted by Gasteiger charge is -2.40. The molecule has 1 aliphatic heterocycles. The molecule has 26 heavy (non-hydrogen) atoms. The largest absolute Gasteiger partial charge is 0.422 e. The predicted octanol–water partition coefficient (Wildman–Crippen LogP) is 2.86. The number of hydrogen-bond donors (Lipinski definition) is 0. The smallest absolute Gasteiger partial charge is 0.326 e. The first-order valence-corrected chi connectivity index (χ1v) is 8.68. The summed E-state index contributed by atoms with van der Waals surface area (Å²) in [5.41, 5.74) is 0.287. The molecule has 2 aromatic rings. The van der Waals surface area contributed by atoms with Crippen LogP contribution in [0.25, 0.3) is 0 Å². The van der Waals surface area contributed by atoms with Gasteiger partial charge in [-0.25, -0.2) is 0 Å². The highest BCUT2D eigenvalue weighted by Crippen LogP contribution is 2.39. The minimum Gasteiger partial charge on any atom is -0.422 e. The van der Waals surface area contributed by atoms with Gasteiger partial charge < -0.3 is 9.47 Å². The monoisotopic (exact) mass is 354 g/mol. The maximum atomic E-state index is 12.8. The van der Waals surface area contributed by atoms with E-state index < -0.39 is 23.1 Å². The number of aryl methyl sites for hydroxylation is 2. The Kier molecular flexibility index (Phi) is 5.02. The fraction of sp³-hybridized carbons (Fsp3) is 0.400. The van der Waals surface area contributed by atoms with E-state index in [4.69, 9.17) is 9.47 Å². The molecule has 0 N–H and O–H groups in total. The van der Waals surface area contributed by atoms with Crippen LogP contribution in [0.4, 0.5) is 0 Å². The predicted molar refractivity (Wildman–Crippen MR) is 93.8 cm³/mol. The van der Waals surface area contributed by atoms with Gasteiger partial charge in [0.2, 0.25) is 0 Å². The van der Waals surface area contributed by atoms with E-state index in [9.17, 15) is 9.59 Å². The van der Waals surface area contributed by atoms with Crippen molar-refractivity contribution in [3.05, 3.63) is 60.2 Å². The van der Waals surface area contributed by atoms with E-state index in [-0.39, 0.29) is 12.8 Å². The van der Waals surface area contributed by atoms with E-state index in [1.807, 2.05) is 36.4 Å². The number of ether oxygens (including phenoxy) is 2. The van der Waals surface area contributed by atoms with Gasteiger partial charge in [0, 0.05) is 37.6 Å². The summed E-state index contributed by atoms with van der Waals surface area (Å²) in [6, 6.07) is 11.1. The molecular weight excluding hydrogens is 332 g/mol. The third kappa shape index (κ3) is 3.90. The summed E-state index contributed by atoms with van der Waals surface area (Å²) in [5.74, 6) is -2.32. The van der Waals surface area contributed by atoms with Crippen LogP contribution in [0.1, 0.15) is 38.1 Å². The Balaban J connectivity index is 1.82. The number of esters is 2. The quantitative estimate of drug-likeness (QED) is 0.586. The molecule has 6 nitrogen and oxygen atoms in total. The molecule has 2 aromatic heterocycles. The van der Waals surface area contributed by atoms with E-state index in [1.165, 1.54) is 0 Å². The van der Waals surface area contributed by atoms with Crippen LogP contribution in [-0.4, -0.2) is 27.7 Å². The highest BCUT2D eigenvalue weighted by molar-refractivity contribution is 6.01. The van der Waals surface area contributed by atoms with Crippen LogP contribution in [0.2, 0.25) is 0 Å². The maximum Gasteiger partial charge on any atom is 0.326 e. The number of cyclic esters (lactones) is 2. The first kappa shape index (κ1) is 18.0. The number of pyridine rings is 2. The molecular formula is C20H22N2O4. The summed E-state index contributed by atoms with van der Waals surface area (Å²) >= 11 is 0. The summed E-state index contributed by atoms with van der Waals surface area (Å²) in [5, 5.41) is 0. The van der Waals surface area contributed by atoms with Crippen molar-refractivity contribution in [1.29, 1.82) is 0 Å². The van der Waals surface area contributed by atoms with Gasteiger partial charge in [-0.15, -0.1) is 0 Å². The Hall–Kier alpha value is -2.76. The Morgan fingerprint density at radius 1 is 0.808 bits per heavy atom. The van der Waals surface area contributed by atoms with Crippen molar-refractivity contribution in [2.75, 3.05) is 0 Å². The average Bonchev–Trinajstić information content (AvgIpc) is 2.62. The number of hydrogen-bond acceptors (Lipinski definition) is 6. The molecule has 3 heterocycles. The van der Waals surface area contributed by atoms with Gasteiger partial charge >= 0.3 is 11.9 Å². The Morgan fingerprint density at radius 2 is 1.27 bits per heavy atom. The highest BCUT2D eigenvalue weighted by Gasteiger charge is 2.55. The molecule has 0 radical (unpaired) electrons. The molecule has 0 saturated carbocycles. The summed E-state index contributed by atoms with van der Waals surface area (Å²) in [4.78, 5) is 34.2. The van der Waals surface area contributed by atoms with Gasteiger partial charge in [-0.2, -0.15) is 0 Å². The standard InChI is InChI=1S/C20H22N2O4/c1-19(2)25-17(23)20(18(24)26-19,11-9-15-7-3-5-13-21-15)12-10-16-8-4-6-14-22-16/h3-8,13-14H,9-12H2,1-2H3. The molecule has 0 spiro atoms. The maximum absolute atomic E-state index is 12.8. The van der Waals surface area contributed by atoms with E-state index in [0.29, 0.717) is 12.8 Å². The molecule has 136 valence electrons. The van der Waals surface area contributed by atoms with Gasteiger partial charge in [0.1, 0.15) is 0 Å². The van der Waals surface area contributed by atoms with Crippen LogP contribution < -0.4 is 0 Å². The Labute approximate surface area is 152 Å². The second-order valence-electron chi connectivity index (χ2n) is 6.90. The van der Waals surface area contributed by atoms with Gasteiger partial charge in [0.15, 0.2) is 5.41 Å². The van der Waals surface area contributed by atoms with Crippen LogP contribution in [0.5, 0.6) is 0 Å². The first-order valence-electron chi connectivity index (χ1n) is 8.68. The van der Waals surface area contributed by atoms with E-state index in [2.05, 4.69) is 9.97 Å². The molecule has 1 saturated heterocycles.